The molecule has 172 valence electrons. The van der Waals surface area contributed by atoms with Crippen LogP contribution in [0.15, 0.2) is 24.3 Å². The number of amides is 1. The summed E-state index contributed by atoms with van der Waals surface area (Å²) in [6.45, 7) is 5.92. The minimum atomic E-state index is -0.992. The summed E-state index contributed by atoms with van der Waals surface area (Å²) in [4.78, 5) is 34.9. The first-order valence-corrected chi connectivity index (χ1v) is 11.3. The third-order valence-corrected chi connectivity index (χ3v) is 4.75. The van der Waals surface area contributed by atoms with Gasteiger partial charge in [-0.3, -0.25) is 9.59 Å². The highest BCUT2D eigenvalue weighted by Gasteiger charge is 2.20. The second-order valence-corrected chi connectivity index (χ2v) is 8.17. The van der Waals surface area contributed by atoms with Crippen LogP contribution in [0.4, 0.5) is 0 Å². The fraction of sp³-hybridized carbons (Fsp3) is 0.708. The normalized spacial score (nSPS) is 13.8. The van der Waals surface area contributed by atoms with E-state index in [4.69, 9.17) is 5.11 Å². The maximum Gasteiger partial charge on any atom is 0.326 e. The van der Waals surface area contributed by atoms with E-state index in [1.54, 1.807) is 0 Å². The third kappa shape index (κ3) is 15.9. The number of aliphatic carboxylic acids is 1. The molecule has 0 saturated carbocycles. The second-order valence-electron chi connectivity index (χ2n) is 8.17. The molecule has 0 saturated heterocycles. The highest BCUT2D eigenvalue weighted by atomic mass is 16.4. The molecule has 1 amide bonds. The number of carboxylic acids is 1. The van der Waals surface area contributed by atoms with Gasteiger partial charge in [0.1, 0.15) is 12.1 Å². The van der Waals surface area contributed by atoms with E-state index >= 15 is 0 Å². The fourth-order valence-corrected chi connectivity index (χ4v) is 3.05. The van der Waals surface area contributed by atoms with E-state index in [-0.39, 0.29) is 24.0 Å². The monoisotopic (exact) mass is 423 g/mol. The predicted molar refractivity (Wildman–Crippen MR) is 120 cm³/mol. The van der Waals surface area contributed by atoms with Crippen molar-refractivity contribution in [1.82, 2.24) is 5.32 Å². The number of unbranched alkanes of at least 4 members (excludes halogenated alkanes) is 4. The van der Waals surface area contributed by atoms with Gasteiger partial charge < -0.3 is 15.5 Å². The molecule has 0 aliphatic heterocycles. The van der Waals surface area contributed by atoms with Crippen LogP contribution in [0.25, 0.3) is 0 Å². The van der Waals surface area contributed by atoms with Crippen molar-refractivity contribution >= 4 is 17.7 Å². The molecular weight excluding hydrogens is 382 g/mol. The molecule has 0 fully saturated rings. The molecule has 0 spiro atoms. The lowest BCUT2D eigenvalue weighted by Gasteiger charge is -2.16. The van der Waals surface area contributed by atoms with Crippen LogP contribution < -0.4 is 5.32 Å². The number of rotatable bonds is 18. The minimum Gasteiger partial charge on any atom is -0.480 e. The van der Waals surface area contributed by atoms with Gasteiger partial charge in [-0.2, -0.15) is 0 Å². The zero-order valence-corrected chi connectivity index (χ0v) is 18.9. The minimum absolute atomic E-state index is 0.142. The molecule has 30 heavy (non-hydrogen) atoms. The summed E-state index contributed by atoms with van der Waals surface area (Å²) < 4.78 is 0. The molecule has 0 aromatic heterocycles. The number of aliphatic hydroxyl groups is 1. The van der Waals surface area contributed by atoms with Gasteiger partial charge in [-0.05, 0) is 38.0 Å². The van der Waals surface area contributed by atoms with Gasteiger partial charge in [0.15, 0.2) is 5.78 Å². The van der Waals surface area contributed by atoms with Crippen molar-refractivity contribution in [3.05, 3.63) is 24.3 Å². The number of carbonyl (C=O) groups is 3. The van der Waals surface area contributed by atoms with Crippen LogP contribution in [0.3, 0.4) is 0 Å². The van der Waals surface area contributed by atoms with Crippen LogP contribution in [-0.2, 0) is 14.4 Å². The van der Waals surface area contributed by atoms with Crippen molar-refractivity contribution in [2.75, 3.05) is 0 Å². The number of nitrogens with one attached hydrogen (secondary N) is 1. The van der Waals surface area contributed by atoms with Crippen molar-refractivity contribution in [2.45, 2.75) is 104 Å². The molecule has 0 aromatic rings. The largest absolute Gasteiger partial charge is 0.480 e. The van der Waals surface area contributed by atoms with E-state index < -0.39 is 18.1 Å². The lowest BCUT2D eigenvalue weighted by Crippen LogP contribution is -2.41. The van der Waals surface area contributed by atoms with Crippen LogP contribution in [0.1, 0.15) is 91.4 Å². The van der Waals surface area contributed by atoms with Crippen molar-refractivity contribution in [2.24, 2.45) is 5.92 Å². The Morgan fingerprint density at radius 2 is 1.57 bits per heavy atom. The molecule has 0 aromatic carbocycles. The Bertz CT molecular complexity index is 554. The van der Waals surface area contributed by atoms with Gasteiger partial charge in [-0.1, -0.05) is 70.8 Å². The number of hydrogen-bond acceptors (Lipinski definition) is 4. The lowest BCUT2D eigenvalue weighted by atomic mass is 10.0. The molecule has 2 atom stereocenters. The summed E-state index contributed by atoms with van der Waals surface area (Å²) in [6, 6.07) is -0.820. The Morgan fingerprint density at radius 3 is 2.20 bits per heavy atom. The summed E-state index contributed by atoms with van der Waals surface area (Å²) in [5, 5.41) is 21.7. The van der Waals surface area contributed by atoms with Crippen molar-refractivity contribution in [3.63, 3.8) is 0 Å². The van der Waals surface area contributed by atoms with E-state index in [0.29, 0.717) is 25.7 Å². The Labute approximate surface area is 181 Å². The number of ketones is 1. The average molecular weight is 424 g/mol. The second kappa shape index (κ2) is 17.9. The van der Waals surface area contributed by atoms with Gasteiger partial charge in [0.05, 0.1) is 0 Å². The smallest absolute Gasteiger partial charge is 0.326 e. The molecule has 0 aliphatic carbocycles. The van der Waals surface area contributed by atoms with Crippen LogP contribution in [-0.4, -0.2) is 40.0 Å². The van der Waals surface area contributed by atoms with Crippen LogP contribution in [0.5, 0.6) is 0 Å². The standard InChI is InChI=1S/C24H41NO5/c1-4-5-6-7-9-12-15-21(26)22(27)16-13-10-8-11-14-17-23(28)25-20(24(29)30)18-19(2)3/h5-6,9,12,19-20,22,27H,4,7-8,10-11,13-18H2,1-3H3,(H,25,28)(H,29,30)/b6-5-,12-9-/t20-,22?/m0/s1. The van der Waals surface area contributed by atoms with Crippen LogP contribution in [0.2, 0.25) is 0 Å². The van der Waals surface area contributed by atoms with Crippen LogP contribution >= 0.6 is 0 Å². The van der Waals surface area contributed by atoms with Crippen LogP contribution in [0, 0.1) is 5.92 Å². The fourth-order valence-electron chi connectivity index (χ4n) is 3.05. The van der Waals surface area contributed by atoms with Gasteiger partial charge >= 0.3 is 5.97 Å². The number of carbonyl (C=O) groups excluding carboxylic acids is 2. The molecule has 0 aliphatic rings. The molecule has 0 radical (unpaired) electrons. The predicted octanol–water partition coefficient (Wildman–Crippen LogP) is 4.57. The SMILES string of the molecule is CC/C=C\C/C=C\CC(=O)C(O)CCCCCCCC(=O)N[C@@H](CC(C)C)C(=O)O. The van der Waals surface area contributed by atoms with E-state index in [1.807, 2.05) is 26.0 Å². The molecule has 3 N–H and O–H groups in total. The first-order valence-electron chi connectivity index (χ1n) is 11.3. The van der Waals surface area contributed by atoms with Crippen molar-refractivity contribution < 1.29 is 24.6 Å². The molecule has 0 rings (SSSR count). The zero-order valence-electron chi connectivity index (χ0n) is 18.9. The first kappa shape index (κ1) is 28.1. The molecule has 6 heteroatoms. The maximum absolute atomic E-state index is 11.9. The summed E-state index contributed by atoms with van der Waals surface area (Å²) >= 11 is 0. The maximum atomic E-state index is 11.9. The molecule has 0 heterocycles. The Balaban J connectivity index is 3.80. The number of hydrogen-bond donors (Lipinski definition) is 3. The number of allylic oxidation sites excluding steroid dienone is 4. The Morgan fingerprint density at radius 1 is 0.933 bits per heavy atom. The van der Waals surface area contributed by atoms with Gasteiger partial charge in [0.25, 0.3) is 0 Å². The van der Waals surface area contributed by atoms with Crippen molar-refractivity contribution in [3.8, 4) is 0 Å². The zero-order chi connectivity index (χ0) is 22.8. The third-order valence-electron chi connectivity index (χ3n) is 4.75. The van der Waals surface area contributed by atoms with E-state index in [1.165, 1.54) is 0 Å². The van der Waals surface area contributed by atoms with E-state index in [0.717, 1.165) is 38.5 Å². The van der Waals surface area contributed by atoms with Crippen molar-refractivity contribution in [1.29, 1.82) is 0 Å². The highest BCUT2D eigenvalue weighted by Crippen LogP contribution is 2.11. The highest BCUT2D eigenvalue weighted by molar-refractivity contribution is 5.84. The molecule has 6 nitrogen and oxygen atoms in total. The van der Waals surface area contributed by atoms with E-state index in [9.17, 15) is 19.5 Å². The summed E-state index contributed by atoms with van der Waals surface area (Å²) in [6.07, 6.45) is 14.4. The average Bonchev–Trinajstić information content (AvgIpc) is 2.68. The summed E-state index contributed by atoms with van der Waals surface area (Å²) in [5.74, 6) is -1.15. The molecular formula is C24H41NO5. The topological polar surface area (TPSA) is 104 Å². The quantitative estimate of drug-likeness (QED) is 0.221. The Kier molecular flexibility index (Phi) is 16.7. The van der Waals surface area contributed by atoms with Gasteiger partial charge in [0, 0.05) is 12.8 Å². The molecule has 0 bridgehead atoms. The van der Waals surface area contributed by atoms with E-state index in [2.05, 4.69) is 24.4 Å². The van der Waals surface area contributed by atoms with Gasteiger partial charge in [-0.15, -0.1) is 0 Å². The molecule has 1 unspecified atom stereocenters. The summed E-state index contributed by atoms with van der Waals surface area (Å²) in [5.41, 5.74) is 0. The number of Topliss-reactive ketones (excluding diaryl/α,β-unsaturated/α-hetero) is 1. The van der Waals surface area contributed by atoms with Gasteiger partial charge in [0.2, 0.25) is 5.91 Å². The first-order chi connectivity index (χ1) is 14.3. The summed E-state index contributed by atoms with van der Waals surface area (Å²) in [7, 11) is 0. The van der Waals surface area contributed by atoms with Gasteiger partial charge in [-0.25, -0.2) is 4.79 Å². The lowest BCUT2D eigenvalue weighted by molar-refractivity contribution is -0.142. The number of aliphatic hydroxyl groups excluding tert-OH is 1. The Hall–Kier alpha value is -1.95. The number of carboxylic acid groups (broad SMARTS) is 1.